The molecule has 0 radical (unpaired) electrons. The molecule has 0 aliphatic rings. The number of hydrogen-bond donors (Lipinski definition) is 2. The van der Waals surface area contributed by atoms with Gasteiger partial charge in [0.2, 0.25) is 10.0 Å². The molecular weight excluding hydrogens is 426 g/mol. The fraction of sp³-hybridized carbons (Fsp3) is 0.167. The molecule has 32 heavy (non-hydrogen) atoms. The summed E-state index contributed by atoms with van der Waals surface area (Å²) in [5.74, 6) is -0.485. The van der Waals surface area contributed by atoms with Gasteiger partial charge in [-0.05, 0) is 48.7 Å². The van der Waals surface area contributed by atoms with Gasteiger partial charge in [-0.3, -0.25) is 4.79 Å². The molecule has 0 bridgehead atoms. The third kappa shape index (κ3) is 6.50. The molecule has 0 spiro atoms. The summed E-state index contributed by atoms with van der Waals surface area (Å²) >= 11 is 0. The van der Waals surface area contributed by atoms with Gasteiger partial charge in [-0.15, -0.1) is 0 Å². The van der Waals surface area contributed by atoms with Gasteiger partial charge in [0.15, 0.2) is 0 Å². The van der Waals surface area contributed by atoms with E-state index in [1.165, 1.54) is 30.5 Å². The van der Waals surface area contributed by atoms with E-state index in [1.54, 1.807) is 24.3 Å². The first-order valence-electron chi connectivity index (χ1n) is 10.1. The standard InChI is InChI=1S/C24H25N3O4S/c1-19-10-12-23(13-11-19)32(30,31)27(15-14-20-6-3-2-4-7-20)18-24(29)26-25-17-21-8-5-9-22(28)16-21/h2-13,16-17,28H,14-15,18H2,1H3,(H,26,29)/b25-17-. The molecular formula is C24H25N3O4S. The van der Waals surface area contributed by atoms with Crippen LogP contribution < -0.4 is 5.43 Å². The zero-order chi connectivity index (χ0) is 23.0. The lowest BCUT2D eigenvalue weighted by Gasteiger charge is -2.21. The second-order valence-corrected chi connectivity index (χ2v) is 9.21. The number of rotatable bonds is 9. The lowest BCUT2D eigenvalue weighted by molar-refractivity contribution is -0.121. The normalized spacial score (nSPS) is 11.7. The van der Waals surface area contributed by atoms with E-state index in [9.17, 15) is 18.3 Å². The maximum absolute atomic E-state index is 13.2. The minimum Gasteiger partial charge on any atom is -0.508 e. The van der Waals surface area contributed by atoms with E-state index < -0.39 is 15.9 Å². The van der Waals surface area contributed by atoms with E-state index in [1.807, 2.05) is 37.3 Å². The summed E-state index contributed by atoms with van der Waals surface area (Å²) in [6.07, 6.45) is 1.84. The summed E-state index contributed by atoms with van der Waals surface area (Å²) in [6, 6.07) is 22.4. The minimum absolute atomic E-state index is 0.0801. The molecule has 2 N–H and O–H groups in total. The fourth-order valence-electron chi connectivity index (χ4n) is 3.02. The monoisotopic (exact) mass is 451 g/mol. The Morgan fingerprint density at radius 2 is 1.75 bits per heavy atom. The zero-order valence-electron chi connectivity index (χ0n) is 17.7. The fourth-order valence-corrected chi connectivity index (χ4v) is 4.42. The zero-order valence-corrected chi connectivity index (χ0v) is 18.5. The average molecular weight is 452 g/mol. The number of hydrazone groups is 1. The van der Waals surface area contributed by atoms with E-state index in [4.69, 9.17) is 0 Å². The van der Waals surface area contributed by atoms with Gasteiger partial charge in [0.05, 0.1) is 17.7 Å². The first kappa shape index (κ1) is 23.2. The van der Waals surface area contributed by atoms with Gasteiger partial charge >= 0.3 is 0 Å². The number of phenolic OH excluding ortho intramolecular Hbond substituents is 1. The second kappa shape index (κ2) is 10.7. The SMILES string of the molecule is Cc1ccc(S(=O)(=O)N(CCc2ccccc2)CC(=O)N/N=C\c2cccc(O)c2)cc1. The summed E-state index contributed by atoms with van der Waals surface area (Å²) in [6.45, 7) is 1.64. The minimum atomic E-state index is -3.88. The molecule has 0 fully saturated rings. The predicted octanol–water partition coefficient (Wildman–Crippen LogP) is 3.08. The van der Waals surface area contributed by atoms with Crippen LogP contribution in [0, 0.1) is 6.92 Å². The molecule has 7 nitrogen and oxygen atoms in total. The van der Waals surface area contributed by atoms with Crippen LogP contribution in [-0.4, -0.2) is 43.0 Å². The van der Waals surface area contributed by atoms with Crippen molar-refractivity contribution in [2.75, 3.05) is 13.1 Å². The smallest absolute Gasteiger partial charge is 0.255 e. The van der Waals surface area contributed by atoms with Gasteiger partial charge in [0, 0.05) is 6.54 Å². The van der Waals surface area contributed by atoms with E-state index in [0.29, 0.717) is 12.0 Å². The second-order valence-electron chi connectivity index (χ2n) is 7.28. The number of amides is 1. The number of carbonyl (C=O) groups excluding carboxylic acids is 1. The Kier molecular flexibility index (Phi) is 7.75. The largest absolute Gasteiger partial charge is 0.508 e. The highest BCUT2D eigenvalue weighted by atomic mass is 32.2. The molecule has 0 aliphatic carbocycles. The van der Waals surface area contributed by atoms with E-state index in [0.717, 1.165) is 15.4 Å². The van der Waals surface area contributed by atoms with E-state index in [2.05, 4.69) is 10.5 Å². The van der Waals surface area contributed by atoms with Gasteiger partial charge in [0.1, 0.15) is 5.75 Å². The lowest BCUT2D eigenvalue weighted by atomic mass is 10.1. The highest BCUT2D eigenvalue weighted by Gasteiger charge is 2.26. The third-order valence-electron chi connectivity index (χ3n) is 4.74. The van der Waals surface area contributed by atoms with Crippen LogP contribution in [0.1, 0.15) is 16.7 Å². The van der Waals surface area contributed by atoms with Crippen molar-refractivity contribution in [3.8, 4) is 5.75 Å². The molecule has 0 saturated heterocycles. The van der Waals surface area contributed by atoms with E-state index in [-0.39, 0.29) is 23.7 Å². The first-order chi connectivity index (χ1) is 15.3. The lowest BCUT2D eigenvalue weighted by Crippen LogP contribution is -2.40. The number of nitrogens with one attached hydrogen (secondary N) is 1. The Hall–Kier alpha value is -3.49. The Balaban J connectivity index is 1.73. The number of aromatic hydroxyl groups is 1. The molecule has 3 aromatic carbocycles. The number of nitrogens with zero attached hydrogens (tertiary/aromatic N) is 2. The van der Waals surface area contributed by atoms with Gasteiger partial charge < -0.3 is 5.11 Å². The summed E-state index contributed by atoms with van der Waals surface area (Å²) < 4.78 is 27.6. The van der Waals surface area contributed by atoms with Crippen LogP contribution in [-0.2, 0) is 21.2 Å². The van der Waals surface area contributed by atoms with Gasteiger partial charge in [0.25, 0.3) is 5.91 Å². The van der Waals surface area contributed by atoms with Gasteiger partial charge in [-0.25, -0.2) is 13.8 Å². The highest BCUT2D eigenvalue weighted by Crippen LogP contribution is 2.17. The number of aryl methyl sites for hydroxylation is 1. The van der Waals surface area contributed by atoms with Crippen molar-refractivity contribution in [1.82, 2.24) is 9.73 Å². The molecule has 0 unspecified atom stereocenters. The van der Waals surface area contributed by atoms with Crippen molar-refractivity contribution in [2.45, 2.75) is 18.2 Å². The molecule has 0 aliphatic heterocycles. The summed E-state index contributed by atoms with van der Waals surface area (Å²) in [7, 11) is -3.88. The Morgan fingerprint density at radius 3 is 2.44 bits per heavy atom. The van der Waals surface area contributed by atoms with Crippen LogP contribution in [0.2, 0.25) is 0 Å². The Labute approximate surface area is 188 Å². The molecule has 0 atom stereocenters. The van der Waals surface area contributed by atoms with Crippen molar-refractivity contribution < 1.29 is 18.3 Å². The molecule has 8 heteroatoms. The summed E-state index contributed by atoms with van der Waals surface area (Å²) in [5, 5.41) is 13.3. The summed E-state index contributed by atoms with van der Waals surface area (Å²) in [4.78, 5) is 12.6. The van der Waals surface area contributed by atoms with Crippen LogP contribution in [0.4, 0.5) is 0 Å². The van der Waals surface area contributed by atoms with Crippen molar-refractivity contribution in [3.05, 3.63) is 95.6 Å². The van der Waals surface area contributed by atoms with Crippen molar-refractivity contribution in [3.63, 3.8) is 0 Å². The van der Waals surface area contributed by atoms with Gasteiger partial charge in [-0.2, -0.15) is 9.41 Å². The molecule has 1 amide bonds. The molecule has 3 aromatic rings. The number of phenols is 1. The number of carbonyl (C=O) groups is 1. The van der Waals surface area contributed by atoms with Crippen molar-refractivity contribution in [1.29, 1.82) is 0 Å². The van der Waals surface area contributed by atoms with Crippen LogP contribution >= 0.6 is 0 Å². The molecule has 0 heterocycles. The maximum Gasteiger partial charge on any atom is 0.255 e. The molecule has 3 rings (SSSR count). The Bertz CT molecular complexity index is 1180. The predicted molar refractivity (Wildman–Crippen MR) is 124 cm³/mol. The quantitative estimate of drug-likeness (QED) is 0.386. The highest BCUT2D eigenvalue weighted by molar-refractivity contribution is 7.89. The van der Waals surface area contributed by atoms with Crippen LogP contribution in [0.5, 0.6) is 5.75 Å². The summed E-state index contributed by atoms with van der Waals surface area (Å²) in [5.41, 5.74) is 4.87. The van der Waals surface area contributed by atoms with Crippen LogP contribution in [0.25, 0.3) is 0 Å². The number of sulfonamides is 1. The maximum atomic E-state index is 13.2. The van der Waals surface area contributed by atoms with Crippen molar-refractivity contribution in [2.24, 2.45) is 5.10 Å². The topological polar surface area (TPSA) is 99.1 Å². The first-order valence-corrected chi connectivity index (χ1v) is 11.5. The van der Waals surface area contributed by atoms with Crippen LogP contribution in [0.3, 0.4) is 0 Å². The average Bonchev–Trinajstić information content (AvgIpc) is 2.77. The third-order valence-corrected chi connectivity index (χ3v) is 6.60. The number of hydrogen-bond acceptors (Lipinski definition) is 5. The van der Waals surface area contributed by atoms with Crippen molar-refractivity contribution >= 4 is 22.1 Å². The van der Waals surface area contributed by atoms with Crippen LogP contribution in [0.15, 0.2) is 88.9 Å². The Morgan fingerprint density at radius 1 is 1.03 bits per heavy atom. The van der Waals surface area contributed by atoms with Gasteiger partial charge in [-0.1, -0.05) is 60.2 Å². The molecule has 166 valence electrons. The number of benzene rings is 3. The molecule has 0 aromatic heterocycles. The molecule has 0 saturated carbocycles. The van der Waals surface area contributed by atoms with E-state index >= 15 is 0 Å².